The molecule has 0 heterocycles. The Morgan fingerprint density at radius 3 is 2.73 bits per heavy atom. The van der Waals surface area contributed by atoms with Gasteiger partial charge in [0.25, 0.3) is 0 Å². The first-order valence-corrected chi connectivity index (χ1v) is 3.83. The van der Waals surface area contributed by atoms with Crippen LogP contribution in [-0.4, -0.2) is 5.11 Å². The first-order chi connectivity index (χ1) is 5.26. The maximum absolute atomic E-state index is 8.76. The molecular weight excluding hydrogens is 206 g/mol. The van der Waals surface area contributed by atoms with Crippen LogP contribution in [0.1, 0.15) is 5.56 Å². The Morgan fingerprint density at radius 2 is 2.18 bits per heavy atom. The van der Waals surface area contributed by atoms with Gasteiger partial charge in [-0.15, -0.1) is 0 Å². The minimum absolute atomic E-state index is 0.0258. The number of hydrogen-bond donors (Lipinski definition) is 1. The van der Waals surface area contributed by atoms with Crippen LogP contribution in [0.2, 0.25) is 0 Å². The fraction of sp³-hybridized carbons (Fsp3) is 0.125. The van der Waals surface area contributed by atoms with Gasteiger partial charge in [0.05, 0.1) is 13.2 Å². The van der Waals surface area contributed by atoms with Gasteiger partial charge in [0.1, 0.15) is 0 Å². The second kappa shape index (κ2) is 3.51. The number of rotatable bonds is 1. The van der Waals surface area contributed by atoms with Crippen LogP contribution in [0, 0.1) is 6.57 Å². The van der Waals surface area contributed by atoms with E-state index < -0.39 is 0 Å². The van der Waals surface area contributed by atoms with Crippen molar-refractivity contribution in [1.29, 1.82) is 0 Å². The van der Waals surface area contributed by atoms with Crippen molar-refractivity contribution in [3.05, 3.63) is 39.7 Å². The molecule has 0 saturated heterocycles. The summed E-state index contributed by atoms with van der Waals surface area (Å²) in [7, 11) is 0. The number of nitrogens with zero attached hydrogens (tertiary/aromatic N) is 1. The summed E-state index contributed by atoms with van der Waals surface area (Å²) in [5.41, 5.74) is 1.30. The molecule has 0 unspecified atom stereocenters. The third-order valence-corrected chi connectivity index (χ3v) is 1.71. The van der Waals surface area contributed by atoms with E-state index in [1.807, 2.05) is 0 Å². The average molecular weight is 212 g/mol. The highest BCUT2D eigenvalue weighted by Crippen LogP contribution is 2.21. The standard InChI is InChI=1S/C8H6BrNO/c1-10-8-3-6(5-11)2-7(9)4-8/h2-4,11H,5H2. The van der Waals surface area contributed by atoms with Gasteiger partial charge < -0.3 is 5.11 Å². The van der Waals surface area contributed by atoms with E-state index in [2.05, 4.69) is 20.8 Å². The summed E-state index contributed by atoms with van der Waals surface area (Å²) in [6.45, 7) is 6.71. The zero-order chi connectivity index (χ0) is 8.27. The molecule has 0 spiro atoms. The average Bonchev–Trinajstić information content (AvgIpc) is 2.03. The molecule has 1 aromatic rings. The molecule has 0 fully saturated rings. The molecule has 0 aliphatic heterocycles. The Labute approximate surface area is 73.4 Å². The van der Waals surface area contributed by atoms with Crippen LogP contribution >= 0.6 is 15.9 Å². The van der Waals surface area contributed by atoms with Gasteiger partial charge in [-0.2, -0.15) is 0 Å². The number of aliphatic hydroxyl groups excluding tert-OH is 1. The van der Waals surface area contributed by atoms with Crippen LogP contribution in [0.3, 0.4) is 0 Å². The number of hydrogen-bond acceptors (Lipinski definition) is 1. The summed E-state index contributed by atoms with van der Waals surface area (Å²) in [5.74, 6) is 0. The molecule has 2 nitrogen and oxygen atoms in total. The number of halogens is 1. The van der Waals surface area contributed by atoms with Crippen molar-refractivity contribution in [3.8, 4) is 0 Å². The summed E-state index contributed by atoms with van der Waals surface area (Å²) in [6.07, 6.45) is 0. The van der Waals surface area contributed by atoms with Gasteiger partial charge in [-0.05, 0) is 17.7 Å². The fourth-order valence-electron chi connectivity index (χ4n) is 0.789. The van der Waals surface area contributed by atoms with Crippen LogP contribution < -0.4 is 0 Å². The zero-order valence-corrected chi connectivity index (χ0v) is 7.30. The summed E-state index contributed by atoms with van der Waals surface area (Å²) in [4.78, 5) is 3.25. The van der Waals surface area contributed by atoms with E-state index in [9.17, 15) is 0 Å². The lowest BCUT2D eigenvalue weighted by Crippen LogP contribution is -1.80. The largest absolute Gasteiger partial charge is 0.392 e. The van der Waals surface area contributed by atoms with Crippen LogP contribution in [0.25, 0.3) is 4.85 Å². The molecule has 0 aromatic heterocycles. The third-order valence-electron chi connectivity index (χ3n) is 1.25. The molecular formula is C8H6BrNO. The Balaban J connectivity index is 3.15. The third kappa shape index (κ3) is 2.04. The van der Waals surface area contributed by atoms with Crippen LogP contribution in [0.4, 0.5) is 5.69 Å². The first-order valence-electron chi connectivity index (χ1n) is 3.04. The van der Waals surface area contributed by atoms with E-state index in [0.717, 1.165) is 10.0 Å². The lowest BCUT2D eigenvalue weighted by Gasteiger charge is -1.97. The molecule has 0 aliphatic rings. The molecule has 11 heavy (non-hydrogen) atoms. The molecule has 0 atom stereocenters. The predicted molar refractivity (Wildman–Crippen MR) is 46.3 cm³/mol. The second-order valence-electron chi connectivity index (χ2n) is 2.09. The molecule has 0 radical (unpaired) electrons. The first kappa shape index (κ1) is 8.25. The van der Waals surface area contributed by atoms with Crippen molar-refractivity contribution in [2.24, 2.45) is 0 Å². The smallest absolute Gasteiger partial charge is 0.188 e. The molecule has 3 heteroatoms. The van der Waals surface area contributed by atoms with E-state index in [4.69, 9.17) is 11.7 Å². The van der Waals surface area contributed by atoms with E-state index >= 15 is 0 Å². The minimum Gasteiger partial charge on any atom is -0.392 e. The monoisotopic (exact) mass is 211 g/mol. The predicted octanol–water partition coefficient (Wildman–Crippen LogP) is 2.49. The summed E-state index contributed by atoms with van der Waals surface area (Å²) < 4.78 is 0.829. The Hall–Kier alpha value is -0.850. The highest BCUT2D eigenvalue weighted by molar-refractivity contribution is 9.10. The van der Waals surface area contributed by atoms with Gasteiger partial charge in [-0.1, -0.05) is 22.0 Å². The Kier molecular flexibility index (Phi) is 2.64. The van der Waals surface area contributed by atoms with Gasteiger partial charge >= 0.3 is 0 Å². The lowest BCUT2D eigenvalue weighted by atomic mass is 10.2. The van der Waals surface area contributed by atoms with Crippen molar-refractivity contribution in [2.45, 2.75) is 6.61 Å². The van der Waals surface area contributed by atoms with Gasteiger partial charge in [0.2, 0.25) is 0 Å². The molecule has 56 valence electrons. The quantitative estimate of drug-likeness (QED) is 0.710. The zero-order valence-electron chi connectivity index (χ0n) is 5.71. The summed E-state index contributed by atoms with van der Waals surface area (Å²) in [5, 5.41) is 8.76. The van der Waals surface area contributed by atoms with Gasteiger partial charge in [0, 0.05) is 4.47 Å². The topological polar surface area (TPSA) is 24.6 Å². The minimum atomic E-state index is -0.0258. The molecule has 1 N–H and O–H groups in total. The molecule has 0 bridgehead atoms. The number of aliphatic hydroxyl groups is 1. The fourth-order valence-corrected chi connectivity index (χ4v) is 1.32. The molecule has 1 aromatic carbocycles. The SMILES string of the molecule is [C-]#[N+]c1cc(Br)cc(CO)c1. The number of benzene rings is 1. The molecule has 0 aliphatic carbocycles. The normalized spacial score (nSPS) is 9.18. The van der Waals surface area contributed by atoms with E-state index in [0.29, 0.717) is 5.69 Å². The maximum atomic E-state index is 8.76. The maximum Gasteiger partial charge on any atom is 0.188 e. The van der Waals surface area contributed by atoms with Gasteiger partial charge in [-0.25, -0.2) is 4.85 Å². The van der Waals surface area contributed by atoms with E-state index in [1.165, 1.54) is 0 Å². The summed E-state index contributed by atoms with van der Waals surface area (Å²) in [6, 6.07) is 5.17. The molecule has 0 saturated carbocycles. The van der Waals surface area contributed by atoms with Crippen molar-refractivity contribution >= 4 is 21.6 Å². The van der Waals surface area contributed by atoms with Crippen molar-refractivity contribution in [1.82, 2.24) is 0 Å². The van der Waals surface area contributed by atoms with Crippen LogP contribution in [0.15, 0.2) is 22.7 Å². The lowest BCUT2D eigenvalue weighted by molar-refractivity contribution is 0.282. The van der Waals surface area contributed by atoms with Gasteiger partial charge in [-0.3, -0.25) is 0 Å². The van der Waals surface area contributed by atoms with Crippen LogP contribution in [-0.2, 0) is 6.61 Å². The van der Waals surface area contributed by atoms with Crippen molar-refractivity contribution in [2.75, 3.05) is 0 Å². The molecule has 0 amide bonds. The van der Waals surface area contributed by atoms with Crippen LogP contribution in [0.5, 0.6) is 0 Å². The highest BCUT2D eigenvalue weighted by Gasteiger charge is 1.96. The van der Waals surface area contributed by atoms with Crippen molar-refractivity contribution < 1.29 is 5.11 Å². The van der Waals surface area contributed by atoms with E-state index in [1.54, 1.807) is 18.2 Å². The Morgan fingerprint density at radius 1 is 1.45 bits per heavy atom. The summed E-state index contributed by atoms with van der Waals surface area (Å²) >= 11 is 3.24. The van der Waals surface area contributed by atoms with Crippen molar-refractivity contribution in [3.63, 3.8) is 0 Å². The Bertz CT molecular complexity index is 303. The molecule has 1 rings (SSSR count). The van der Waals surface area contributed by atoms with E-state index in [-0.39, 0.29) is 6.61 Å². The van der Waals surface area contributed by atoms with Gasteiger partial charge in [0.15, 0.2) is 5.69 Å². The highest BCUT2D eigenvalue weighted by atomic mass is 79.9. The second-order valence-corrected chi connectivity index (χ2v) is 3.00.